The summed E-state index contributed by atoms with van der Waals surface area (Å²) in [6.45, 7) is 6.91. The fraction of sp³-hybridized carbons (Fsp3) is 0.643. The van der Waals surface area contributed by atoms with Crippen LogP contribution in [-0.2, 0) is 4.79 Å². The Balaban J connectivity index is 2.09. The van der Waals surface area contributed by atoms with Gasteiger partial charge in [-0.1, -0.05) is 19.9 Å². The van der Waals surface area contributed by atoms with E-state index in [1.165, 1.54) is 4.88 Å². The Bertz CT molecular complexity index is 407. The number of carbonyl (C=O) groups is 1. The summed E-state index contributed by atoms with van der Waals surface area (Å²) < 4.78 is 0. The molecule has 106 valence electrons. The van der Waals surface area contributed by atoms with Gasteiger partial charge in [0.1, 0.15) is 6.17 Å². The minimum atomic E-state index is -0.0287. The molecule has 1 aliphatic heterocycles. The summed E-state index contributed by atoms with van der Waals surface area (Å²) in [6, 6.07) is 4.12. The molecule has 0 aliphatic carbocycles. The van der Waals surface area contributed by atoms with Crippen molar-refractivity contribution < 1.29 is 4.79 Å². The maximum atomic E-state index is 12.4. The van der Waals surface area contributed by atoms with Crippen LogP contribution in [0.15, 0.2) is 17.5 Å². The van der Waals surface area contributed by atoms with Gasteiger partial charge in [-0.15, -0.1) is 11.3 Å². The van der Waals surface area contributed by atoms with Gasteiger partial charge >= 0.3 is 0 Å². The zero-order valence-corrected chi connectivity index (χ0v) is 12.7. The molecule has 2 atom stereocenters. The summed E-state index contributed by atoms with van der Waals surface area (Å²) in [5, 5.41) is 5.52. The average molecular weight is 281 g/mol. The fourth-order valence-corrected chi connectivity index (χ4v) is 3.13. The molecule has 1 aromatic rings. The molecule has 2 unspecified atom stereocenters. The lowest BCUT2D eigenvalue weighted by atomic mass is 10.2. The highest BCUT2D eigenvalue weighted by Gasteiger charge is 2.38. The topological polar surface area (TPSA) is 35.6 Å². The predicted octanol–water partition coefficient (Wildman–Crippen LogP) is 1.91. The van der Waals surface area contributed by atoms with E-state index in [9.17, 15) is 4.79 Å². The molecule has 5 heteroatoms. The third-order valence-corrected chi connectivity index (χ3v) is 4.66. The molecule has 1 aromatic heterocycles. The van der Waals surface area contributed by atoms with Gasteiger partial charge in [-0.2, -0.15) is 0 Å². The van der Waals surface area contributed by atoms with Crippen molar-refractivity contribution in [2.24, 2.45) is 0 Å². The zero-order chi connectivity index (χ0) is 13.8. The maximum Gasteiger partial charge on any atom is 0.241 e. The molecule has 0 spiro atoms. The van der Waals surface area contributed by atoms with Crippen LogP contribution in [0.1, 0.15) is 31.3 Å². The number of hydrogen-bond acceptors (Lipinski definition) is 4. The highest BCUT2D eigenvalue weighted by Crippen LogP contribution is 2.29. The monoisotopic (exact) mass is 281 g/mol. The lowest BCUT2D eigenvalue weighted by Gasteiger charge is -2.25. The number of nitrogens with zero attached hydrogens (tertiary/aromatic N) is 2. The Morgan fingerprint density at radius 3 is 2.84 bits per heavy atom. The van der Waals surface area contributed by atoms with Gasteiger partial charge in [0, 0.05) is 18.0 Å². The second-order valence-corrected chi connectivity index (χ2v) is 5.95. The molecular formula is C14H23N3OS. The van der Waals surface area contributed by atoms with E-state index in [-0.39, 0.29) is 18.1 Å². The smallest absolute Gasteiger partial charge is 0.241 e. The standard InChI is InChI=1S/C14H23N3OS/c1-4-11-14(18)17(9-8-16(3)5-2)13(15-11)12-7-6-10-19-12/h6-7,10-11,13,15H,4-5,8-9H2,1-3H3. The minimum Gasteiger partial charge on any atom is -0.319 e. The number of nitrogens with one attached hydrogen (secondary N) is 1. The highest BCUT2D eigenvalue weighted by atomic mass is 32.1. The van der Waals surface area contributed by atoms with Crippen LogP contribution in [-0.4, -0.2) is 48.4 Å². The van der Waals surface area contributed by atoms with Crippen LogP contribution in [0.4, 0.5) is 0 Å². The van der Waals surface area contributed by atoms with E-state index in [1.54, 1.807) is 11.3 Å². The van der Waals surface area contributed by atoms with Crippen LogP contribution in [0.5, 0.6) is 0 Å². The van der Waals surface area contributed by atoms with E-state index in [0.717, 1.165) is 26.1 Å². The highest BCUT2D eigenvalue weighted by molar-refractivity contribution is 7.10. The van der Waals surface area contributed by atoms with E-state index in [0.29, 0.717) is 0 Å². The van der Waals surface area contributed by atoms with Crippen LogP contribution in [0.3, 0.4) is 0 Å². The van der Waals surface area contributed by atoms with E-state index in [1.807, 2.05) is 11.0 Å². The van der Waals surface area contributed by atoms with E-state index < -0.39 is 0 Å². The molecule has 0 saturated carbocycles. The van der Waals surface area contributed by atoms with Crippen LogP contribution in [0.25, 0.3) is 0 Å². The lowest BCUT2D eigenvalue weighted by molar-refractivity contribution is -0.130. The molecule has 2 heterocycles. The third kappa shape index (κ3) is 3.16. The fourth-order valence-electron chi connectivity index (χ4n) is 2.33. The normalized spacial score (nSPS) is 23.6. The van der Waals surface area contributed by atoms with Crippen molar-refractivity contribution in [1.82, 2.24) is 15.1 Å². The van der Waals surface area contributed by atoms with Gasteiger partial charge in [-0.3, -0.25) is 10.1 Å². The molecule has 1 amide bonds. The maximum absolute atomic E-state index is 12.4. The van der Waals surface area contributed by atoms with Gasteiger partial charge in [-0.05, 0) is 31.5 Å². The van der Waals surface area contributed by atoms with Gasteiger partial charge in [0.2, 0.25) is 5.91 Å². The van der Waals surface area contributed by atoms with Gasteiger partial charge in [0.25, 0.3) is 0 Å². The van der Waals surface area contributed by atoms with Crippen molar-refractivity contribution in [2.45, 2.75) is 32.5 Å². The molecule has 1 saturated heterocycles. The van der Waals surface area contributed by atoms with Gasteiger partial charge < -0.3 is 9.80 Å². The Hall–Kier alpha value is -0.910. The van der Waals surface area contributed by atoms with Crippen molar-refractivity contribution >= 4 is 17.2 Å². The first kappa shape index (κ1) is 14.5. The first-order valence-electron chi connectivity index (χ1n) is 6.95. The van der Waals surface area contributed by atoms with Crippen molar-refractivity contribution in [1.29, 1.82) is 0 Å². The number of carbonyl (C=O) groups excluding carboxylic acids is 1. The van der Waals surface area contributed by atoms with Crippen LogP contribution in [0.2, 0.25) is 0 Å². The molecule has 2 rings (SSSR count). The van der Waals surface area contributed by atoms with Gasteiger partial charge in [-0.25, -0.2) is 0 Å². The van der Waals surface area contributed by atoms with Crippen molar-refractivity contribution in [2.75, 3.05) is 26.7 Å². The van der Waals surface area contributed by atoms with Crippen LogP contribution < -0.4 is 5.32 Å². The Kier molecular flexibility index (Phi) is 4.96. The number of likely N-dealkylation sites (N-methyl/N-ethyl adjacent to an activating group) is 1. The largest absolute Gasteiger partial charge is 0.319 e. The first-order chi connectivity index (χ1) is 9.17. The van der Waals surface area contributed by atoms with E-state index in [4.69, 9.17) is 0 Å². The number of hydrogen-bond donors (Lipinski definition) is 1. The Labute approximate surface area is 119 Å². The summed E-state index contributed by atoms with van der Waals surface area (Å²) >= 11 is 1.71. The molecule has 1 aliphatic rings. The predicted molar refractivity (Wildman–Crippen MR) is 79.2 cm³/mol. The van der Waals surface area contributed by atoms with E-state index >= 15 is 0 Å². The summed E-state index contributed by atoms with van der Waals surface area (Å²) in [5.41, 5.74) is 0. The summed E-state index contributed by atoms with van der Waals surface area (Å²) in [7, 11) is 2.09. The van der Waals surface area contributed by atoms with Crippen molar-refractivity contribution in [3.8, 4) is 0 Å². The number of amides is 1. The van der Waals surface area contributed by atoms with Crippen molar-refractivity contribution in [3.63, 3.8) is 0 Å². The Morgan fingerprint density at radius 1 is 1.47 bits per heavy atom. The first-order valence-corrected chi connectivity index (χ1v) is 7.83. The van der Waals surface area contributed by atoms with Crippen molar-refractivity contribution in [3.05, 3.63) is 22.4 Å². The van der Waals surface area contributed by atoms with Crippen LogP contribution >= 0.6 is 11.3 Å². The molecule has 0 bridgehead atoms. The van der Waals surface area contributed by atoms with Crippen LogP contribution in [0, 0.1) is 0 Å². The number of rotatable bonds is 6. The molecule has 0 aromatic carbocycles. The summed E-state index contributed by atoms with van der Waals surface area (Å²) in [6.07, 6.45) is 0.906. The lowest BCUT2D eigenvalue weighted by Crippen LogP contribution is -2.37. The summed E-state index contributed by atoms with van der Waals surface area (Å²) in [4.78, 5) is 17.8. The summed E-state index contributed by atoms with van der Waals surface area (Å²) in [5.74, 6) is 0.241. The van der Waals surface area contributed by atoms with Gasteiger partial charge in [0.05, 0.1) is 6.04 Å². The molecule has 19 heavy (non-hydrogen) atoms. The zero-order valence-electron chi connectivity index (χ0n) is 11.9. The third-order valence-electron chi connectivity index (χ3n) is 3.74. The molecule has 0 radical (unpaired) electrons. The molecule has 4 nitrogen and oxygen atoms in total. The van der Waals surface area contributed by atoms with E-state index in [2.05, 4.69) is 42.6 Å². The SMILES string of the molecule is CCC1NC(c2cccs2)N(CCN(C)CC)C1=O. The molecule has 1 N–H and O–H groups in total. The average Bonchev–Trinajstić information content (AvgIpc) is 3.04. The van der Waals surface area contributed by atoms with Gasteiger partial charge in [0.15, 0.2) is 0 Å². The Morgan fingerprint density at radius 2 is 2.26 bits per heavy atom. The second kappa shape index (κ2) is 6.50. The number of thiophene rings is 1. The quantitative estimate of drug-likeness (QED) is 0.865. The molecular weight excluding hydrogens is 258 g/mol. The minimum absolute atomic E-state index is 0.0287. The second-order valence-electron chi connectivity index (χ2n) is 4.97. The molecule has 1 fully saturated rings.